The second kappa shape index (κ2) is 8.41. The smallest absolute Gasteiger partial charge is 0.221 e. The number of rotatable bonds is 6. The monoisotopic (exact) mass is 335 g/mol. The second-order valence-electron chi connectivity index (χ2n) is 6.19. The van der Waals surface area contributed by atoms with Gasteiger partial charge in [-0.3, -0.25) is 14.6 Å². The highest BCUT2D eigenvalue weighted by Gasteiger charge is 2.29. The van der Waals surface area contributed by atoms with Crippen molar-refractivity contribution in [2.75, 3.05) is 32.9 Å². The molecule has 0 unspecified atom stereocenters. The predicted molar refractivity (Wildman–Crippen MR) is 87.5 cm³/mol. The lowest BCUT2D eigenvalue weighted by molar-refractivity contribution is -0.132. The highest BCUT2D eigenvalue weighted by atomic mass is 16.7. The van der Waals surface area contributed by atoms with Crippen molar-refractivity contribution in [3.8, 4) is 5.75 Å². The average Bonchev–Trinajstić information content (AvgIpc) is 3.10. The fraction of sp³-hybridized carbons (Fsp3) is 0.647. The van der Waals surface area contributed by atoms with Crippen LogP contribution in [0, 0.1) is 6.92 Å². The third kappa shape index (κ3) is 4.90. The van der Waals surface area contributed by atoms with Gasteiger partial charge in [0.15, 0.2) is 0 Å². The van der Waals surface area contributed by atoms with Crippen LogP contribution in [0.5, 0.6) is 5.75 Å². The Kier molecular flexibility index (Phi) is 6.01. The van der Waals surface area contributed by atoms with Crippen LogP contribution >= 0.6 is 0 Å². The van der Waals surface area contributed by atoms with Gasteiger partial charge in [-0.05, 0) is 25.5 Å². The summed E-state index contributed by atoms with van der Waals surface area (Å²) in [4.78, 5) is 21.8. The Labute approximate surface area is 142 Å². The molecule has 0 bridgehead atoms. The highest BCUT2D eigenvalue weighted by Crippen LogP contribution is 2.18. The van der Waals surface area contributed by atoms with Crippen LogP contribution < -0.4 is 10.1 Å². The van der Waals surface area contributed by atoms with Crippen molar-refractivity contribution in [3.05, 3.63) is 24.0 Å². The van der Waals surface area contributed by atoms with Gasteiger partial charge in [0.05, 0.1) is 32.1 Å². The Morgan fingerprint density at radius 2 is 2.38 bits per heavy atom. The number of nitrogens with zero attached hydrogens (tertiary/aromatic N) is 2. The molecule has 2 aliphatic rings. The number of hydrogen-bond acceptors (Lipinski definition) is 6. The maximum Gasteiger partial charge on any atom is 0.221 e. The van der Waals surface area contributed by atoms with Crippen LogP contribution in [0.4, 0.5) is 0 Å². The van der Waals surface area contributed by atoms with E-state index in [4.69, 9.17) is 14.3 Å². The lowest BCUT2D eigenvalue weighted by atomic mass is 10.1. The summed E-state index contributed by atoms with van der Waals surface area (Å²) >= 11 is 0. The van der Waals surface area contributed by atoms with Crippen molar-refractivity contribution in [2.45, 2.75) is 38.3 Å². The third-order valence-corrected chi connectivity index (χ3v) is 4.22. The number of ether oxygens (including phenoxy) is 2. The van der Waals surface area contributed by atoms with Gasteiger partial charge >= 0.3 is 0 Å². The zero-order valence-electron chi connectivity index (χ0n) is 14.1. The summed E-state index contributed by atoms with van der Waals surface area (Å²) < 4.78 is 11.5. The van der Waals surface area contributed by atoms with Gasteiger partial charge in [-0.1, -0.05) is 0 Å². The molecule has 1 N–H and O–H groups in total. The lowest BCUT2D eigenvalue weighted by Gasteiger charge is -2.32. The van der Waals surface area contributed by atoms with E-state index in [1.54, 1.807) is 6.20 Å². The molecule has 0 aromatic carbocycles. The number of aryl methyl sites for hydroxylation is 1. The minimum atomic E-state index is -0.146. The first-order valence-electron chi connectivity index (χ1n) is 8.55. The average molecular weight is 335 g/mol. The van der Waals surface area contributed by atoms with E-state index in [1.807, 2.05) is 24.1 Å². The van der Waals surface area contributed by atoms with E-state index in [0.717, 1.165) is 37.4 Å². The Morgan fingerprint density at radius 3 is 3.12 bits per heavy atom. The molecular weight excluding hydrogens is 310 g/mol. The molecule has 2 fully saturated rings. The Balaban J connectivity index is 1.49. The summed E-state index contributed by atoms with van der Waals surface area (Å²) in [7, 11) is 0. The summed E-state index contributed by atoms with van der Waals surface area (Å²) in [6.45, 7) is 5.30. The molecule has 7 nitrogen and oxygen atoms in total. The molecule has 1 amide bonds. The Morgan fingerprint density at radius 1 is 1.46 bits per heavy atom. The van der Waals surface area contributed by atoms with Gasteiger partial charge in [0.1, 0.15) is 11.9 Å². The molecule has 0 radical (unpaired) electrons. The van der Waals surface area contributed by atoms with E-state index in [2.05, 4.69) is 10.3 Å². The highest BCUT2D eigenvalue weighted by molar-refractivity contribution is 5.76. The van der Waals surface area contributed by atoms with Crippen LogP contribution in [0.15, 0.2) is 18.3 Å². The molecule has 2 saturated heterocycles. The summed E-state index contributed by atoms with van der Waals surface area (Å²) in [6, 6.07) is 3.67. The minimum absolute atomic E-state index is 0.00312. The molecule has 1 aromatic rings. The summed E-state index contributed by atoms with van der Waals surface area (Å²) in [6.07, 6.45) is 3.80. The molecule has 132 valence electrons. The van der Waals surface area contributed by atoms with Crippen LogP contribution in [0.1, 0.15) is 25.0 Å². The van der Waals surface area contributed by atoms with Crippen LogP contribution in [-0.4, -0.2) is 61.0 Å². The number of nitrogens with one attached hydrogen (secondary N) is 1. The molecule has 2 atom stereocenters. The molecule has 3 rings (SSSR count). The van der Waals surface area contributed by atoms with E-state index in [9.17, 15) is 4.79 Å². The summed E-state index contributed by atoms with van der Waals surface area (Å²) in [5.41, 5.74) is 0.948. The summed E-state index contributed by atoms with van der Waals surface area (Å²) in [5.74, 6) is 0.717. The zero-order valence-corrected chi connectivity index (χ0v) is 14.1. The number of hydrogen-bond donors (Lipinski definition) is 1. The fourth-order valence-corrected chi connectivity index (χ4v) is 2.87. The van der Waals surface area contributed by atoms with Crippen molar-refractivity contribution in [2.24, 2.45) is 0 Å². The summed E-state index contributed by atoms with van der Waals surface area (Å²) in [5, 5.41) is 4.88. The van der Waals surface area contributed by atoms with Crippen molar-refractivity contribution < 1.29 is 19.1 Å². The van der Waals surface area contributed by atoms with Gasteiger partial charge in [0, 0.05) is 31.6 Å². The number of carbonyl (C=O) groups excluding carboxylic acids is 1. The Bertz CT molecular complexity index is 531. The maximum absolute atomic E-state index is 12.2. The zero-order chi connectivity index (χ0) is 16.8. The third-order valence-electron chi connectivity index (χ3n) is 4.22. The van der Waals surface area contributed by atoms with E-state index in [0.29, 0.717) is 26.2 Å². The number of pyridine rings is 1. The first kappa shape index (κ1) is 17.1. The minimum Gasteiger partial charge on any atom is -0.486 e. The number of amides is 1. The molecular formula is C17H25N3O4. The van der Waals surface area contributed by atoms with E-state index in [-0.39, 0.29) is 18.1 Å². The maximum atomic E-state index is 12.2. The van der Waals surface area contributed by atoms with Crippen LogP contribution in [0.3, 0.4) is 0 Å². The first-order chi connectivity index (χ1) is 11.7. The largest absolute Gasteiger partial charge is 0.486 e. The van der Waals surface area contributed by atoms with Crippen molar-refractivity contribution in [1.29, 1.82) is 0 Å². The molecule has 24 heavy (non-hydrogen) atoms. The van der Waals surface area contributed by atoms with Crippen LogP contribution in [-0.2, 0) is 14.4 Å². The van der Waals surface area contributed by atoms with Gasteiger partial charge in [-0.2, -0.15) is 5.06 Å². The predicted octanol–water partition coefficient (Wildman–Crippen LogP) is 1.07. The molecule has 3 heterocycles. The number of hydroxylamine groups is 2. The Hall–Kier alpha value is -1.70. The van der Waals surface area contributed by atoms with Crippen LogP contribution in [0.25, 0.3) is 0 Å². The molecule has 7 heteroatoms. The van der Waals surface area contributed by atoms with Crippen LogP contribution in [0.2, 0.25) is 0 Å². The fourth-order valence-electron chi connectivity index (χ4n) is 2.87. The molecule has 0 saturated carbocycles. The van der Waals surface area contributed by atoms with Gasteiger partial charge in [-0.25, -0.2) is 0 Å². The van der Waals surface area contributed by atoms with Gasteiger partial charge in [-0.15, -0.1) is 0 Å². The van der Waals surface area contributed by atoms with Crippen molar-refractivity contribution in [3.63, 3.8) is 0 Å². The molecule has 0 aliphatic carbocycles. The SMILES string of the molecule is Cc1ccc(O[C@@H]2CCOC[C@@H]2NC(=O)CCN2CCCO2)cn1. The second-order valence-corrected chi connectivity index (χ2v) is 6.19. The molecule has 0 spiro atoms. The number of aromatic nitrogens is 1. The normalized spacial score (nSPS) is 24.7. The van der Waals surface area contributed by atoms with Crippen molar-refractivity contribution in [1.82, 2.24) is 15.4 Å². The van der Waals surface area contributed by atoms with E-state index < -0.39 is 0 Å². The van der Waals surface area contributed by atoms with Gasteiger partial charge in [0.2, 0.25) is 5.91 Å². The number of carbonyl (C=O) groups is 1. The van der Waals surface area contributed by atoms with E-state index >= 15 is 0 Å². The topological polar surface area (TPSA) is 72.9 Å². The standard InChI is InChI=1S/C17H25N3O4/c1-13-3-4-14(11-18-13)24-16-6-10-22-12-15(16)19-17(21)5-8-20-7-2-9-23-20/h3-4,11,15-16H,2,5-10,12H2,1H3,(H,19,21)/t15-,16+/m0/s1. The lowest BCUT2D eigenvalue weighted by Crippen LogP contribution is -2.52. The first-order valence-corrected chi connectivity index (χ1v) is 8.55. The molecule has 1 aromatic heterocycles. The quantitative estimate of drug-likeness (QED) is 0.838. The van der Waals surface area contributed by atoms with E-state index in [1.165, 1.54) is 0 Å². The van der Waals surface area contributed by atoms with Crippen molar-refractivity contribution >= 4 is 5.91 Å². The van der Waals surface area contributed by atoms with Gasteiger partial charge in [0.25, 0.3) is 0 Å². The van der Waals surface area contributed by atoms with Gasteiger partial charge < -0.3 is 14.8 Å². The molecule has 2 aliphatic heterocycles.